The lowest BCUT2D eigenvalue weighted by molar-refractivity contribution is -0.383. The molecule has 2 rings (SSSR count). The van der Waals surface area contributed by atoms with Crippen molar-refractivity contribution in [2.24, 2.45) is 0 Å². The Kier molecular flexibility index (Phi) is 5.06. The van der Waals surface area contributed by atoms with Gasteiger partial charge in [-0.1, -0.05) is 23.7 Å². The predicted molar refractivity (Wildman–Crippen MR) is 85.0 cm³/mol. The summed E-state index contributed by atoms with van der Waals surface area (Å²) in [5.74, 6) is 1.21. The van der Waals surface area contributed by atoms with Crippen molar-refractivity contribution < 1.29 is 14.4 Å². The van der Waals surface area contributed by atoms with E-state index in [1.165, 1.54) is 6.07 Å². The first kappa shape index (κ1) is 15.9. The largest absolute Gasteiger partial charge is 0.493 e. The van der Waals surface area contributed by atoms with Gasteiger partial charge in [0, 0.05) is 12.6 Å². The van der Waals surface area contributed by atoms with E-state index in [1.807, 2.05) is 6.07 Å². The minimum atomic E-state index is -0.469. The molecule has 0 atom stereocenters. The second kappa shape index (κ2) is 7.00. The molecule has 22 heavy (non-hydrogen) atoms. The molecule has 0 heterocycles. The number of rotatable bonds is 6. The van der Waals surface area contributed by atoms with Crippen molar-refractivity contribution in [3.8, 4) is 11.5 Å². The molecule has 116 valence electrons. The van der Waals surface area contributed by atoms with E-state index in [1.54, 1.807) is 38.5 Å². The quantitative estimate of drug-likeness (QED) is 0.645. The number of anilines is 1. The number of hydrogen-bond donors (Lipinski definition) is 1. The Morgan fingerprint density at radius 2 is 1.91 bits per heavy atom. The topological polar surface area (TPSA) is 73.6 Å². The summed E-state index contributed by atoms with van der Waals surface area (Å²) >= 11 is 6.03. The number of halogens is 1. The van der Waals surface area contributed by atoms with E-state index in [0.29, 0.717) is 28.8 Å². The molecular formula is C15H15ClN2O4. The Morgan fingerprint density at radius 1 is 1.18 bits per heavy atom. The molecule has 0 aliphatic heterocycles. The summed E-state index contributed by atoms with van der Waals surface area (Å²) in [4.78, 5) is 10.6. The maximum Gasteiger partial charge on any atom is 0.293 e. The molecule has 0 fully saturated rings. The molecule has 0 aromatic heterocycles. The normalized spacial score (nSPS) is 10.1. The number of nitrogens with zero attached hydrogens (tertiary/aromatic N) is 1. The Labute approximate surface area is 132 Å². The predicted octanol–water partition coefficient (Wildman–Crippen LogP) is 3.88. The Bertz CT molecular complexity index is 691. The summed E-state index contributed by atoms with van der Waals surface area (Å²) in [6.45, 7) is 0.366. The van der Waals surface area contributed by atoms with Gasteiger partial charge in [-0.05, 0) is 23.8 Å². The molecule has 0 saturated heterocycles. The average molecular weight is 323 g/mol. The molecular weight excluding hydrogens is 308 g/mol. The van der Waals surface area contributed by atoms with E-state index < -0.39 is 4.92 Å². The molecule has 0 spiro atoms. The zero-order valence-electron chi connectivity index (χ0n) is 12.1. The van der Waals surface area contributed by atoms with Crippen LogP contribution in [0.25, 0.3) is 0 Å². The van der Waals surface area contributed by atoms with Gasteiger partial charge in [0.25, 0.3) is 5.69 Å². The van der Waals surface area contributed by atoms with Gasteiger partial charge in [-0.2, -0.15) is 0 Å². The lowest BCUT2D eigenvalue weighted by Gasteiger charge is -2.12. The Balaban J connectivity index is 2.22. The SMILES string of the molecule is COc1ccc(CNc2c(Cl)cccc2[N+](=O)[O-])cc1OC. The van der Waals surface area contributed by atoms with Crippen LogP contribution in [0.1, 0.15) is 5.56 Å². The Morgan fingerprint density at radius 3 is 2.55 bits per heavy atom. The third kappa shape index (κ3) is 3.40. The summed E-state index contributed by atoms with van der Waals surface area (Å²) in [6.07, 6.45) is 0. The number of nitro benzene ring substituents is 1. The van der Waals surface area contributed by atoms with Gasteiger partial charge in [-0.3, -0.25) is 10.1 Å². The van der Waals surface area contributed by atoms with E-state index in [2.05, 4.69) is 5.32 Å². The minimum absolute atomic E-state index is 0.0621. The number of hydrogen-bond acceptors (Lipinski definition) is 5. The third-order valence-corrected chi connectivity index (χ3v) is 3.42. The van der Waals surface area contributed by atoms with Crippen LogP contribution >= 0.6 is 11.6 Å². The first-order valence-electron chi connectivity index (χ1n) is 6.44. The van der Waals surface area contributed by atoms with Gasteiger partial charge in [-0.15, -0.1) is 0 Å². The van der Waals surface area contributed by atoms with Crippen LogP contribution in [0.3, 0.4) is 0 Å². The van der Waals surface area contributed by atoms with Crippen molar-refractivity contribution in [3.63, 3.8) is 0 Å². The molecule has 0 unspecified atom stereocenters. The van der Waals surface area contributed by atoms with E-state index in [4.69, 9.17) is 21.1 Å². The van der Waals surface area contributed by atoms with Gasteiger partial charge in [0.2, 0.25) is 0 Å². The fourth-order valence-electron chi connectivity index (χ4n) is 2.02. The van der Waals surface area contributed by atoms with Crippen molar-refractivity contribution in [2.75, 3.05) is 19.5 Å². The number of nitrogens with one attached hydrogen (secondary N) is 1. The number of ether oxygens (including phenoxy) is 2. The maximum atomic E-state index is 11.0. The summed E-state index contributed by atoms with van der Waals surface area (Å²) in [6, 6.07) is 9.97. The van der Waals surface area contributed by atoms with Crippen molar-refractivity contribution in [1.82, 2.24) is 0 Å². The van der Waals surface area contributed by atoms with E-state index in [0.717, 1.165) is 5.56 Å². The highest BCUT2D eigenvalue weighted by Gasteiger charge is 2.16. The zero-order chi connectivity index (χ0) is 16.1. The number of nitro groups is 1. The van der Waals surface area contributed by atoms with Gasteiger partial charge in [-0.25, -0.2) is 0 Å². The van der Waals surface area contributed by atoms with E-state index >= 15 is 0 Å². The van der Waals surface area contributed by atoms with Crippen LogP contribution in [0.4, 0.5) is 11.4 Å². The monoisotopic (exact) mass is 322 g/mol. The van der Waals surface area contributed by atoms with Crippen molar-refractivity contribution in [1.29, 1.82) is 0 Å². The lowest BCUT2D eigenvalue weighted by Crippen LogP contribution is -2.04. The minimum Gasteiger partial charge on any atom is -0.493 e. The van der Waals surface area contributed by atoms with Crippen LogP contribution in [-0.4, -0.2) is 19.1 Å². The lowest BCUT2D eigenvalue weighted by atomic mass is 10.2. The van der Waals surface area contributed by atoms with Gasteiger partial charge in [0.05, 0.1) is 24.2 Å². The molecule has 1 N–H and O–H groups in total. The van der Waals surface area contributed by atoms with Crippen molar-refractivity contribution >= 4 is 23.0 Å². The molecule has 0 amide bonds. The van der Waals surface area contributed by atoms with Gasteiger partial charge < -0.3 is 14.8 Å². The highest BCUT2D eigenvalue weighted by atomic mass is 35.5. The standard InChI is InChI=1S/C15H15ClN2O4/c1-21-13-7-6-10(8-14(13)22-2)9-17-15-11(16)4-3-5-12(15)18(19)20/h3-8,17H,9H2,1-2H3. The van der Waals surface area contributed by atoms with Crippen molar-refractivity contribution in [3.05, 3.63) is 57.1 Å². The van der Waals surface area contributed by atoms with Gasteiger partial charge in [0.15, 0.2) is 11.5 Å². The third-order valence-electron chi connectivity index (χ3n) is 3.11. The Hall–Kier alpha value is -2.47. The number of para-hydroxylation sites is 1. The van der Waals surface area contributed by atoms with Crippen LogP contribution in [0.15, 0.2) is 36.4 Å². The van der Waals surface area contributed by atoms with Crippen LogP contribution in [0.5, 0.6) is 11.5 Å². The second-order valence-corrected chi connectivity index (χ2v) is 4.84. The highest BCUT2D eigenvalue weighted by molar-refractivity contribution is 6.33. The van der Waals surface area contributed by atoms with Gasteiger partial charge >= 0.3 is 0 Å². The molecule has 0 aliphatic carbocycles. The molecule has 6 nitrogen and oxygen atoms in total. The number of benzene rings is 2. The summed E-state index contributed by atoms with van der Waals surface area (Å²) in [7, 11) is 3.11. The van der Waals surface area contributed by atoms with Gasteiger partial charge in [0.1, 0.15) is 5.69 Å². The van der Waals surface area contributed by atoms with Crippen LogP contribution < -0.4 is 14.8 Å². The zero-order valence-corrected chi connectivity index (χ0v) is 12.9. The fourth-order valence-corrected chi connectivity index (χ4v) is 2.26. The van der Waals surface area contributed by atoms with E-state index in [-0.39, 0.29) is 5.69 Å². The summed E-state index contributed by atoms with van der Waals surface area (Å²) < 4.78 is 10.4. The smallest absolute Gasteiger partial charge is 0.293 e. The maximum absolute atomic E-state index is 11.0. The first-order valence-corrected chi connectivity index (χ1v) is 6.82. The summed E-state index contributed by atoms with van der Waals surface area (Å²) in [5.41, 5.74) is 1.11. The summed E-state index contributed by atoms with van der Waals surface area (Å²) in [5, 5.41) is 14.3. The van der Waals surface area contributed by atoms with E-state index in [9.17, 15) is 10.1 Å². The van der Waals surface area contributed by atoms with Crippen molar-refractivity contribution in [2.45, 2.75) is 6.54 Å². The van der Waals surface area contributed by atoms with Crippen LogP contribution in [-0.2, 0) is 6.54 Å². The highest BCUT2D eigenvalue weighted by Crippen LogP contribution is 2.33. The molecule has 0 saturated carbocycles. The average Bonchev–Trinajstić information content (AvgIpc) is 2.53. The fraction of sp³-hybridized carbons (Fsp3) is 0.200. The molecule has 0 aliphatic rings. The molecule has 0 radical (unpaired) electrons. The van der Waals surface area contributed by atoms with Crippen LogP contribution in [0.2, 0.25) is 5.02 Å². The molecule has 2 aromatic rings. The molecule has 0 bridgehead atoms. The first-order chi connectivity index (χ1) is 10.6. The molecule has 7 heteroatoms. The number of methoxy groups -OCH3 is 2. The van der Waals surface area contributed by atoms with Crippen LogP contribution in [0, 0.1) is 10.1 Å². The molecule has 2 aromatic carbocycles. The second-order valence-electron chi connectivity index (χ2n) is 4.43.